The molecule has 0 nitrogen and oxygen atoms in total. The fourth-order valence-corrected chi connectivity index (χ4v) is 0. The second-order valence-corrected chi connectivity index (χ2v) is 3.86. The zero-order chi connectivity index (χ0) is 21.5. The molecular weight excluding hydrogens is 712 g/mol. The number of rotatable bonds is 0. The van der Waals surface area contributed by atoms with Crippen molar-refractivity contribution in [1.29, 1.82) is 0 Å². The number of halogens is 18. The molecule has 0 unspecified atom stereocenters. The van der Waals surface area contributed by atoms with Crippen LogP contribution in [0.4, 0.5) is 75.5 Å². The average Bonchev–Trinajstić information content (AvgIpc) is 2.08. The molecule has 25 heteroatoms. The van der Waals surface area contributed by atoms with Gasteiger partial charge in [0.05, 0.1) is 0 Å². The van der Waals surface area contributed by atoms with E-state index in [1.54, 1.807) is 0 Å². The largest absolute Gasteiger partial charge is 0.558 e. The van der Waals surface area contributed by atoms with Crippen LogP contribution in [0, 0.1) is 0 Å². The van der Waals surface area contributed by atoms with Crippen molar-refractivity contribution in [3.05, 3.63) is 0 Å². The van der Waals surface area contributed by atoms with Gasteiger partial charge in [-0.2, -0.15) is 0 Å². The number of hydrogen-bond acceptors (Lipinski definition) is 0. The second-order valence-electron chi connectivity index (χ2n) is 1.29. The van der Waals surface area contributed by atoms with E-state index >= 15 is 0 Å². The maximum atomic E-state index is 9.77. The van der Waals surface area contributed by atoms with Gasteiger partial charge in [0.25, 0.3) is 0 Å². The van der Waals surface area contributed by atoms with Gasteiger partial charge in [-0.05, 0) is 0 Å². The Morgan fingerprint density at radius 3 is 0.200 bits per heavy atom. The maximum Gasteiger partial charge on any atom is 0.558 e. The van der Waals surface area contributed by atoms with Crippen LogP contribution in [0.2, 0.25) is 0 Å². The summed E-state index contributed by atoms with van der Waals surface area (Å²) in [4.78, 5) is 0. The molecule has 0 aromatic heterocycles. The summed E-state index contributed by atoms with van der Waals surface area (Å²) >= 11 is 0. The molecule has 0 spiro atoms. The Hall–Kier alpha value is 2.01. The van der Waals surface area contributed by atoms with Gasteiger partial charge in [-0.3, -0.25) is 0 Å². The van der Waals surface area contributed by atoms with Gasteiger partial charge in [-0.15, -0.1) is 0 Å². The summed E-state index contributed by atoms with van der Waals surface area (Å²) in [5.74, 6) is 0. The molecule has 0 aromatic carbocycles. The summed E-state index contributed by atoms with van der Waals surface area (Å²) in [6.45, 7) is 0. The van der Waals surface area contributed by atoms with Gasteiger partial charge < -0.3 is 0 Å². The van der Waals surface area contributed by atoms with Gasteiger partial charge in [0, 0.05) is 96.6 Å². The molecule has 0 bridgehead atoms. The van der Waals surface area contributed by atoms with Crippen molar-refractivity contribution in [2.75, 3.05) is 0 Å². The molecule has 25 heavy (non-hydrogen) atoms. The van der Waals surface area contributed by atoms with E-state index in [0.717, 1.165) is 0 Å². The Labute approximate surface area is 150 Å². The Morgan fingerprint density at radius 2 is 0.200 bits per heavy atom. The van der Waals surface area contributed by atoms with E-state index in [0.29, 0.717) is 0 Å². The van der Waals surface area contributed by atoms with E-state index in [1.165, 1.54) is 0 Å². The second kappa shape index (κ2) is 40.6. The Balaban J connectivity index is -0.0000000309. The first kappa shape index (κ1) is 45.6. The molecule has 0 aliphatic heterocycles. The maximum absolute atomic E-state index is 9.77. The number of hydrogen-bond donors (Lipinski definition) is 0. The molecule has 0 saturated heterocycles. The third-order valence-corrected chi connectivity index (χ3v) is 0. The van der Waals surface area contributed by atoms with Crippen molar-refractivity contribution in [2.24, 2.45) is 0 Å². The molecule has 0 radical (unpaired) electrons. The Morgan fingerprint density at radius 1 is 0.200 bits per heavy atom. The first-order valence-corrected chi connectivity index (χ1v) is 10.2. The van der Waals surface area contributed by atoms with E-state index in [1.807, 2.05) is 0 Å². The first-order valence-electron chi connectivity index (χ1n) is 3.40. The average molecular weight is 718 g/mol. The van der Waals surface area contributed by atoms with Crippen LogP contribution in [-0.4, -0.2) is 0 Å². The molecule has 0 aromatic rings. The SMILES string of the molecule is F[PH+](F)F.F[PH+](F)F.F[PH+](F)F.F[PH+](F)F.F[PH+](F)F.F[PH+](F)F.[W]. The minimum atomic E-state index is -4.38. The van der Waals surface area contributed by atoms with E-state index in [-0.39, 0.29) is 21.1 Å². The molecule has 0 N–H and O–H groups in total. The molecule has 0 rings (SSSR count). The molecule has 0 heterocycles. The molecule has 0 aliphatic carbocycles. The van der Waals surface area contributed by atoms with Crippen molar-refractivity contribution in [2.45, 2.75) is 0 Å². The quantitative estimate of drug-likeness (QED) is 0.173. The fourth-order valence-electron chi connectivity index (χ4n) is 0. The van der Waals surface area contributed by atoms with Crippen LogP contribution >= 0.6 is 53.1 Å². The monoisotopic (exact) mass is 718 g/mol. The van der Waals surface area contributed by atoms with Gasteiger partial charge in [-0.25, -0.2) is 0 Å². The summed E-state index contributed by atoms with van der Waals surface area (Å²) in [5, 5.41) is 0. The summed E-state index contributed by atoms with van der Waals surface area (Å²) < 4.78 is 176. The fraction of sp³-hybridized carbons (Fsp3) is 0. The Kier molecular flexibility index (Phi) is 74.2. The predicted molar refractivity (Wildman–Crippen MR) is 69.8 cm³/mol. The summed E-state index contributed by atoms with van der Waals surface area (Å²) in [7, 11) is -26.3. The third-order valence-electron chi connectivity index (χ3n) is 0. The zero-order valence-corrected chi connectivity index (χ0v) is 19.1. The van der Waals surface area contributed by atoms with Gasteiger partial charge in [-0.1, -0.05) is 0 Å². The molecule has 0 atom stereocenters. The smallest absolute Gasteiger partial charge is 0 e. The topological polar surface area (TPSA) is 0 Å². The van der Waals surface area contributed by atoms with Crippen molar-refractivity contribution in [1.82, 2.24) is 0 Å². The van der Waals surface area contributed by atoms with Gasteiger partial charge in [0.15, 0.2) is 0 Å². The Bertz CT molecular complexity index is 101. The van der Waals surface area contributed by atoms with E-state index in [2.05, 4.69) is 0 Å². The van der Waals surface area contributed by atoms with Crippen LogP contribution in [0.1, 0.15) is 0 Å². The third kappa shape index (κ3) is 3720. The van der Waals surface area contributed by atoms with Crippen LogP contribution in [0.25, 0.3) is 0 Å². The molecule has 0 amide bonds. The molecule has 0 aliphatic rings. The zero-order valence-electron chi connectivity index (χ0n) is 10.2. The summed E-state index contributed by atoms with van der Waals surface area (Å²) in [5.41, 5.74) is 0. The molecule has 0 saturated carbocycles. The van der Waals surface area contributed by atoms with Crippen LogP contribution in [0.15, 0.2) is 0 Å². The van der Waals surface area contributed by atoms with Gasteiger partial charge >= 0.3 is 53.1 Å². The van der Waals surface area contributed by atoms with Crippen LogP contribution < -0.4 is 0 Å². The molecule has 162 valence electrons. The van der Waals surface area contributed by atoms with Crippen LogP contribution in [0.3, 0.4) is 0 Å². The normalized spacial score (nSPS) is 8.64. The van der Waals surface area contributed by atoms with Crippen LogP contribution in [0.5, 0.6) is 0 Å². The molecule has 0 fully saturated rings. The van der Waals surface area contributed by atoms with E-state index in [4.69, 9.17) is 0 Å². The van der Waals surface area contributed by atoms with Crippen LogP contribution in [-0.2, 0) is 21.1 Å². The summed E-state index contributed by atoms with van der Waals surface area (Å²) in [6.07, 6.45) is 0. The minimum Gasteiger partial charge on any atom is 0 e. The van der Waals surface area contributed by atoms with Crippen molar-refractivity contribution in [3.8, 4) is 0 Å². The van der Waals surface area contributed by atoms with Gasteiger partial charge in [0.1, 0.15) is 0 Å². The molecular formula is H6F18P6W+6. The first-order chi connectivity index (χ1) is 10.4. The minimum absolute atomic E-state index is 0. The van der Waals surface area contributed by atoms with E-state index < -0.39 is 53.1 Å². The predicted octanol–water partition coefficient (Wildman–Crippen LogP) is 11.1. The summed E-state index contributed by atoms with van der Waals surface area (Å²) in [6, 6.07) is 0. The van der Waals surface area contributed by atoms with Gasteiger partial charge in [0.2, 0.25) is 0 Å². The van der Waals surface area contributed by atoms with E-state index in [9.17, 15) is 75.5 Å². The van der Waals surface area contributed by atoms with Crippen molar-refractivity contribution < 1.29 is 96.6 Å². The standard InChI is InChI=1S/6F3HP.W/c6*1-4(2)3;/h6*4H;/q6*+1;. The van der Waals surface area contributed by atoms with Crippen molar-refractivity contribution in [3.63, 3.8) is 0 Å². The van der Waals surface area contributed by atoms with Crippen molar-refractivity contribution >= 4 is 53.1 Å².